The molecule has 0 aliphatic carbocycles. The SMILES string of the molecule is c1ccc(-c2cccc(-c3cccc(-c4nc(-n5c6ccc(-c7ccc8c(c7)c7ccccc7n8-c7ccccc7)cc6c6cc(-c7ccc8c(c7)c7ccccc7n8-c7ccccc7)ccc65)nc5ccc(-n6c7ccc(-c8ccc9c(c8)c8ccccc8n9-c8ccccc8)cc7c7cc(-c8ccc9c(c8)c8ccccc8n9-c8ccccc8)ccc76)cc45)c3)c2)cc1. The number of para-hydroxylation sites is 8. The first kappa shape index (κ1) is 72.9. The van der Waals surface area contributed by atoms with E-state index in [1.54, 1.807) is 0 Å². The van der Waals surface area contributed by atoms with Crippen LogP contribution in [0.25, 0.3) is 254 Å². The van der Waals surface area contributed by atoms with E-state index in [1.165, 1.54) is 81.8 Å². The van der Waals surface area contributed by atoms with Crippen molar-refractivity contribution in [2.24, 2.45) is 0 Å². The van der Waals surface area contributed by atoms with Gasteiger partial charge in [-0.3, -0.25) is 4.57 Å². The highest BCUT2D eigenvalue weighted by atomic mass is 15.2. The summed E-state index contributed by atoms with van der Waals surface area (Å²) >= 11 is 0. The number of benzene rings is 20. The van der Waals surface area contributed by atoms with Gasteiger partial charge in [-0.15, -0.1) is 0 Å². The monoisotopic (exact) mass is 1650 g/mol. The summed E-state index contributed by atoms with van der Waals surface area (Å²) in [6.45, 7) is 0. The maximum atomic E-state index is 6.05. The molecular weight excluding hydrogens is 1580 g/mol. The predicted molar refractivity (Wildman–Crippen MR) is 544 cm³/mol. The van der Waals surface area contributed by atoms with E-state index in [0.29, 0.717) is 5.95 Å². The summed E-state index contributed by atoms with van der Waals surface area (Å²) in [6.07, 6.45) is 0. The molecule has 7 heterocycles. The Balaban J connectivity index is 0.669. The molecule has 0 saturated heterocycles. The molecule has 0 radical (unpaired) electrons. The molecule has 8 heteroatoms. The highest BCUT2D eigenvalue weighted by molar-refractivity contribution is 6.18. The second kappa shape index (κ2) is 29.1. The Kier molecular flexibility index (Phi) is 16.3. The van der Waals surface area contributed by atoms with Gasteiger partial charge in [0.2, 0.25) is 5.95 Å². The molecule has 27 rings (SSSR count). The highest BCUT2D eigenvalue weighted by Gasteiger charge is 2.26. The number of nitrogens with zero attached hydrogens (tertiary/aromatic N) is 8. The van der Waals surface area contributed by atoms with E-state index < -0.39 is 0 Å². The number of aromatic nitrogens is 8. The van der Waals surface area contributed by atoms with Gasteiger partial charge < -0.3 is 22.8 Å². The average Bonchev–Trinajstić information content (AvgIpc) is 1.57. The third kappa shape index (κ3) is 11.5. The van der Waals surface area contributed by atoms with Gasteiger partial charge in [0.05, 0.1) is 77.4 Å². The third-order valence-electron chi connectivity index (χ3n) is 27.2. The maximum Gasteiger partial charge on any atom is 0.235 e. The van der Waals surface area contributed by atoms with Crippen molar-refractivity contribution in [1.82, 2.24) is 37.4 Å². The van der Waals surface area contributed by atoms with Crippen LogP contribution in [0, 0.1) is 0 Å². The smallest absolute Gasteiger partial charge is 0.235 e. The van der Waals surface area contributed by atoms with Crippen molar-refractivity contribution in [1.29, 1.82) is 0 Å². The van der Waals surface area contributed by atoms with E-state index in [1.807, 2.05) is 0 Å². The molecule has 0 atom stereocenters. The molecule has 130 heavy (non-hydrogen) atoms. The molecular formula is C122H76N8. The van der Waals surface area contributed by atoms with Crippen LogP contribution in [-0.4, -0.2) is 37.4 Å². The Hall–Kier alpha value is -17.5. The second-order valence-electron chi connectivity index (χ2n) is 34.4. The molecule has 604 valence electrons. The molecule has 0 saturated carbocycles. The average molecular weight is 1650 g/mol. The first-order chi connectivity index (χ1) is 64.4. The lowest BCUT2D eigenvalue weighted by atomic mass is 9.96. The molecule has 0 aliphatic heterocycles. The number of hydrogen-bond acceptors (Lipinski definition) is 2. The molecule has 0 aliphatic rings. The van der Waals surface area contributed by atoms with Gasteiger partial charge >= 0.3 is 0 Å². The summed E-state index contributed by atoms with van der Waals surface area (Å²) in [5, 5.41) is 15.0. The van der Waals surface area contributed by atoms with Gasteiger partial charge in [0.15, 0.2) is 0 Å². The quantitative estimate of drug-likeness (QED) is 0.116. The van der Waals surface area contributed by atoms with E-state index in [-0.39, 0.29) is 0 Å². The van der Waals surface area contributed by atoms with Crippen LogP contribution in [0.15, 0.2) is 461 Å². The minimum Gasteiger partial charge on any atom is -0.309 e. The van der Waals surface area contributed by atoms with Crippen molar-refractivity contribution >= 4 is 142 Å². The van der Waals surface area contributed by atoms with Crippen molar-refractivity contribution in [3.05, 3.63) is 461 Å². The maximum absolute atomic E-state index is 6.05. The molecule has 7 aromatic heterocycles. The molecule has 0 amide bonds. The Bertz CT molecular complexity index is 8920. The number of rotatable bonds is 13. The molecule has 8 nitrogen and oxygen atoms in total. The summed E-state index contributed by atoms with van der Waals surface area (Å²) in [4.78, 5) is 11.9. The Morgan fingerprint density at radius 1 is 0.123 bits per heavy atom. The van der Waals surface area contributed by atoms with Gasteiger partial charge in [0, 0.05) is 104 Å². The van der Waals surface area contributed by atoms with Gasteiger partial charge in [-0.2, -0.15) is 0 Å². The van der Waals surface area contributed by atoms with Gasteiger partial charge in [-0.25, -0.2) is 9.97 Å². The first-order valence-electron chi connectivity index (χ1n) is 44.6. The van der Waals surface area contributed by atoms with Crippen LogP contribution in [-0.2, 0) is 0 Å². The van der Waals surface area contributed by atoms with Crippen LogP contribution in [0.1, 0.15) is 0 Å². The second-order valence-corrected chi connectivity index (χ2v) is 34.4. The van der Waals surface area contributed by atoms with Crippen molar-refractivity contribution in [2.45, 2.75) is 0 Å². The molecule has 0 bridgehead atoms. The largest absolute Gasteiger partial charge is 0.309 e. The molecule has 0 N–H and O–H groups in total. The zero-order valence-corrected chi connectivity index (χ0v) is 70.5. The minimum atomic E-state index is 0.570. The van der Waals surface area contributed by atoms with E-state index in [0.717, 1.165) is 166 Å². The van der Waals surface area contributed by atoms with Crippen molar-refractivity contribution in [3.8, 4) is 112 Å². The summed E-state index contributed by atoms with van der Waals surface area (Å²) in [5.41, 5.74) is 35.2. The number of hydrogen-bond donors (Lipinski definition) is 0. The van der Waals surface area contributed by atoms with E-state index in [9.17, 15) is 0 Å². The van der Waals surface area contributed by atoms with Gasteiger partial charge in [0.25, 0.3) is 0 Å². The van der Waals surface area contributed by atoms with Gasteiger partial charge in [0.1, 0.15) is 0 Å². The normalized spacial score (nSPS) is 12.0. The topological polar surface area (TPSA) is 55.4 Å². The van der Waals surface area contributed by atoms with Crippen LogP contribution in [0.4, 0.5) is 0 Å². The van der Waals surface area contributed by atoms with Crippen molar-refractivity contribution in [2.75, 3.05) is 0 Å². The van der Waals surface area contributed by atoms with Gasteiger partial charge in [-0.1, -0.05) is 261 Å². The first-order valence-corrected chi connectivity index (χ1v) is 44.6. The fourth-order valence-electron chi connectivity index (χ4n) is 21.2. The van der Waals surface area contributed by atoms with E-state index in [2.05, 4.69) is 488 Å². The Labute approximate surface area is 747 Å². The molecule has 0 fully saturated rings. The standard InChI is InChI=1S/C122H76N8/c1-6-26-77(27-7-1)78-28-24-29-79(66-78)80-30-25-31-89(67-80)121-107-76-94(129-117-62-52-85(81-48-58-113-99(68-81)95-40-16-20-44-109(95)125(113)90-32-8-2-9-33-90)72-103(117)104-73-86(53-63-118(104)129)82-49-59-114-100(69-82)96-41-17-21-45-110(96)126(114)91-34-10-3-11-35-91)56-57-108(107)123-122(124-121)130-119-64-54-87(83-50-60-115-101(70-83)97-42-18-22-46-111(97)127(115)92-36-12-4-13-37-92)74-105(119)106-75-88(55-65-120(106)130)84-51-61-116-102(71-84)98-43-19-23-47-112(98)128(116)93-38-14-5-15-39-93/h1-76H. The minimum absolute atomic E-state index is 0.570. The number of fused-ring (bicyclic) bond motifs is 19. The molecule has 20 aromatic carbocycles. The summed E-state index contributed by atoms with van der Waals surface area (Å²) in [5.74, 6) is 0.570. The van der Waals surface area contributed by atoms with Crippen molar-refractivity contribution in [3.63, 3.8) is 0 Å². The van der Waals surface area contributed by atoms with E-state index in [4.69, 9.17) is 9.97 Å². The lowest BCUT2D eigenvalue weighted by Crippen LogP contribution is -2.04. The fourth-order valence-corrected chi connectivity index (χ4v) is 21.2. The van der Waals surface area contributed by atoms with Crippen LogP contribution in [0.3, 0.4) is 0 Å². The fraction of sp³-hybridized carbons (Fsp3) is 0. The zero-order chi connectivity index (χ0) is 85.2. The lowest BCUT2D eigenvalue weighted by molar-refractivity contribution is 1.01. The Morgan fingerprint density at radius 2 is 0.354 bits per heavy atom. The predicted octanol–water partition coefficient (Wildman–Crippen LogP) is 31.9. The van der Waals surface area contributed by atoms with Crippen LogP contribution >= 0.6 is 0 Å². The molecule has 0 spiro atoms. The molecule has 0 unspecified atom stereocenters. The van der Waals surface area contributed by atoms with Crippen molar-refractivity contribution < 1.29 is 0 Å². The van der Waals surface area contributed by atoms with Crippen LogP contribution < -0.4 is 0 Å². The third-order valence-corrected chi connectivity index (χ3v) is 27.2. The summed E-state index contributed by atoms with van der Waals surface area (Å²) in [6, 6.07) is 170. The molecule has 27 aromatic rings. The highest BCUT2D eigenvalue weighted by Crippen LogP contribution is 2.47. The van der Waals surface area contributed by atoms with Crippen LogP contribution in [0.2, 0.25) is 0 Å². The lowest BCUT2D eigenvalue weighted by Gasteiger charge is -2.15. The summed E-state index contributed by atoms with van der Waals surface area (Å²) in [7, 11) is 0. The van der Waals surface area contributed by atoms with Gasteiger partial charge in [-0.05, 0) is 267 Å². The van der Waals surface area contributed by atoms with Crippen LogP contribution in [0.5, 0.6) is 0 Å². The zero-order valence-electron chi connectivity index (χ0n) is 70.5. The Morgan fingerprint density at radius 3 is 0.677 bits per heavy atom. The summed E-state index contributed by atoms with van der Waals surface area (Å²) < 4.78 is 14.3. The van der Waals surface area contributed by atoms with E-state index >= 15 is 0 Å².